The molecular formula is C21H26FN3O4. The molecule has 7 nitrogen and oxygen atoms in total. The summed E-state index contributed by atoms with van der Waals surface area (Å²) in [4.78, 5) is 22.1. The molecule has 0 atom stereocenters. The van der Waals surface area contributed by atoms with Crippen LogP contribution >= 0.6 is 0 Å². The maximum absolute atomic E-state index is 14.3. The molecule has 0 radical (unpaired) electrons. The molecule has 2 heterocycles. The molecule has 1 aromatic carbocycles. The van der Waals surface area contributed by atoms with Crippen LogP contribution in [0, 0.1) is 11.7 Å². The Kier molecular flexibility index (Phi) is 7.48. The van der Waals surface area contributed by atoms with E-state index in [4.69, 9.17) is 9.47 Å². The zero-order valence-electron chi connectivity index (χ0n) is 16.5. The largest absolute Gasteiger partial charge is 0.463 e. The average molecular weight is 403 g/mol. The van der Waals surface area contributed by atoms with Crippen molar-refractivity contribution in [3.05, 3.63) is 42.0 Å². The minimum absolute atomic E-state index is 0.0302. The number of hydrogen-bond acceptors (Lipinski definition) is 6. The molecule has 0 unspecified atom stereocenters. The predicted molar refractivity (Wildman–Crippen MR) is 105 cm³/mol. The fraction of sp³-hybridized carbons (Fsp3) is 0.476. The van der Waals surface area contributed by atoms with Crippen LogP contribution in [-0.2, 0) is 16.1 Å². The van der Waals surface area contributed by atoms with Crippen molar-refractivity contribution in [3.8, 4) is 17.1 Å². The molecule has 1 aromatic heterocycles. The molecule has 0 spiro atoms. The first kappa shape index (κ1) is 21.1. The van der Waals surface area contributed by atoms with Crippen molar-refractivity contribution in [2.75, 3.05) is 32.9 Å². The van der Waals surface area contributed by atoms with Gasteiger partial charge in [-0.25, -0.2) is 14.4 Å². The lowest BCUT2D eigenvalue weighted by Crippen LogP contribution is -2.41. The Morgan fingerprint density at radius 1 is 1.28 bits per heavy atom. The number of aliphatic hydroxyl groups is 1. The number of rotatable bonds is 8. The molecule has 1 saturated heterocycles. The molecule has 1 aliphatic heterocycles. The van der Waals surface area contributed by atoms with Crippen molar-refractivity contribution in [1.82, 2.24) is 14.9 Å². The Bertz CT molecular complexity index is 808. The number of ether oxygens (including phenoxy) is 2. The van der Waals surface area contributed by atoms with Crippen molar-refractivity contribution in [3.63, 3.8) is 0 Å². The third-order valence-corrected chi connectivity index (χ3v) is 5.03. The zero-order chi connectivity index (χ0) is 20.6. The number of nitrogens with zero attached hydrogens (tertiary/aromatic N) is 3. The molecule has 156 valence electrons. The summed E-state index contributed by atoms with van der Waals surface area (Å²) in [6.45, 7) is 4.04. The van der Waals surface area contributed by atoms with Crippen LogP contribution in [0.3, 0.4) is 0 Å². The monoisotopic (exact) mass is 403 g/mol. The van der Waals surface area contributed by atoms with Gasteiger partial charge in [-0.1, -0.05) is 18.2 Å². The topological polar surface area (TPSA) is 84.8 Å². The van der Waals surface area contributed by atoms with E-state index in [1.165, 1.54) is 18.5 Å². The minimum atomic E-state index is -0.474. The molecule has 0 aliphatic carbocycles. The third-order valence-electron chi connectivity index (χ3n) is 5.03. The Balaban J connectivity index is 1.50. The van der Waals surface area contributed by atoms with Gasteiger partial charge in [-0.3, -0.25) is 4.79 Å². The van der Waals surface area contributed by atoms with Crippen LogP contribution in [0.4, 0.5) is 4.39 Å². The summed E-state index contributed by atoms with van der Waals surface area (Å²) in [5, 5.41) is 9.19. The SMILES string of the molecule is CCOCC(=O)N1CCC(COc2ncc(-c3cccc(CO)c3F)cn2)CC1. The number of aliphatic hydroxyl groups excluding tert-OH is 1. The number of piperidine rings is 1. The highest BCUT2D eigenvalue weighted by atomic mass is 19.1. The Labute approximate surface area is 169 Å². The maximum atomic E-state index is 14.3. The molecule has 2 aromatic rings. The van der Waals surface area contributed by atoms with E-state index in [-0.39, 0.29) is 30.7 Å². The van der Waals surface area contributed by atoms with Crippen molar-refractivity contribution in [1.29, 1.82) is 0 Å². The summed E-state index contributed by atoms with van der Waals surface area (Å²) < 4.78 is 25.2. The van der Waals surface area contributed by atoms with Crippen LogP contribution in [0.5, 0.6) is 6.01 Å². The molecule has 3 rings (SSSR count). The lowest BCUT2D eigenvalue weighted by Gasteiger charge is -2.31. The molecule has 0 bridgehead atoms. The smallest absolute Gasteiger partial charge is 0.316 e. The van der Waals surface area contributed by atoms with Crippen molar-refractivity contribution in [2.45, 2.75) is 26.4 Å². The second kappa shape index (κ2) is 10.3. The highest BCUT2D eigenvalue weighted by molar-refractivity contribution is 5.77. The molecular weight excluding hydrogens is 377 g/mol. The van der Waals surface area contributed by atoms with Crippen LogP contribution in [0.15, 0.2) is 30.6 Å². The van der Waals surface area contributed by atoms with E-state index in [1.54, 1.807) is 12.1 Å². The summed E-state index contributed by atoms with van der Waals surface area (Å²) in [6, 6.07) is 5.07. The van der Waals surface area contributed by atoms with Crippen molar-refractivity contribution in [2.24, 2.45) is 5.92 Å². The number of carbonyl (C=O) groups excluding carboxylic acids is 1. The average Bonchev–Trinajstić information content (AvgIpc) is 2.77. The lowest BCUT2D eigenvalue weighted by atomic mass is 9.98. The molecule has 29 heavy (non-hydrogen) atoms. The number of aromatic nitrogens is 2. The van der Waals surface area contributed by atoms with Crippen LogP contribution in [-0.4, -0.2) is 58.8 Å². The summed E-state index contributed by atoms with van der Waals surface area (Å²) in [5.41, 5.74) is 1.09. The fourth-order valence-electron chi connectivity index (χ4n) is 3.28. The Morgan fingerprint density at radius 3 is 2.66 bits per heavy atom. The number of hydrogen-bond donors (Lipinski definition) is 1. The standard InChI is InChI=1S/C21H26FN3O4/c1-2-28-14-19(27)25-8-6-15(7-9-25)13-29-21-23-10-17(11-24-21)18-5-3-4-16(12-26)20(18)22/h3-5,10-11,15,26H,2,6-9,12-14H2,1H3. The number of likely N-dealkylation sites (tertiary alicyclic amines) is 1. The van der Waals surface area contributed by atoms with Gasteiger partial charge in [0.25, 0.3) is 0 Å². The quantitative estimate of drug-likeness (QED) is 0.729. The number of amides is 1. The first-order chi connectivity index (χ1) is 14.1. The highest BCUT2D eigenvalue weighted by Gasteiger charge is 2.23. The van der Waals surface area contributed by atoms with E-state index in [9.17, 15) is 14.3 Å². The maximum Gasteiger partial charge on any atom is 0.316 e. The van der Waals surface area contributed by atoms with Crippen LogP contribution in [0.25, 0.3) is 11.1 Å². The minimum Gasteiger partial charge on any atom is -0.463 e. The summed E-state index contributed by atoms with van der Waals surface area (Å²) >= 11 is 0. The molecule has 0 saturated carbocycles. The third kappa shape index (κ3) is 5.48. The van der Waals surface area contributed by atoms with Gasteiger partial charge in [0.1, 0.15) is 12.4 Å². The van der Waals surface area contributed by atoms with Gasteiger partial charge in [-0.05, 0) is 25.7 Å². The summed E-state index contributed by atoms with van der Waals surface area (Å²) in [6.07, 6.45) is 4.73. The highest BCUT2D eigenvalue weighted by Crippen LogP contribution is 2.25. The van der Waals surface area contributed by atoms with Crippen molar-refractivity contribution < 1.29 is 23.8 Å². The van der Waals surface area contributed by atoms with Crippen LogP contribution < -0.4 is 4.74 Å². The Hall–Kier alpha value is -2.58. The molecule has 1 amide bonds. The van der Waals surface area contributed by atoms with Gasteiger partial charge in [0, 0.05) is 48.8 Å². The van der Waals surface area contributed by atoms with Gasteiger partial charge < -0.3 is 19.5 Å². The Morgan fingerprint density at radius 2 is 2.00 bits per heavy atom. The van der Waals surface area contributed by atoms with E-state index >= 15 is 0 Å². The predicted octanol–water partition coefficient (Wildman–Crippen LogP) is 2.43. The summed E-state index contributed by atoms with van der Waals surface area (Å²) in [7, 11) is 0. The van der Waals surface area contributed by atoms with Gasteiger partial charge in [0.15, 0.2) is 0 Å². The number of carbonyl (C=O) groups is 1. The molecule has 1 N–H and O–H groups in total. The van der Waals surface area contributed by atoms with Gasteiger partial charge in [0.2, 0.25) is 5.91 Å². The molecule has 1 fully saturated rings. The number of benzene rings is 1. The second-order valence-electron chi connectivity index (χ2n) is 6.96. The van der Waals surface area contributed by atoms with Crippen LogP contribution in [0.1, 0.15) is 25.3 Å². The second-order valence-corrected chi connectivity index (χ2v) is 6.96. The van der Waals surface area contributed by atoms with Gasteiger partial charge in [0.05, 0.1) is 13.2 Å². The van der Waals surface area contributed by atoms with Gasteiger partial charge >= 0.3 is 6.01 Å². The summed E-state index contributed by atoms with van der Waals surface area (Å²) in [5.74, 6) is -0.117. The number of halogens is 1. The first-order valence-electron chi connectivity index (χ1n) is 9.81. The van der Waals surface area contributed by atoms with E-state index in [1.807, 2.05) is 11.8 Å². The van der Waals surface area contributed by atoms with Crippen LogP contribution in [0.2, 0.25) is 0 Å². The fourth-order valence-corrected chi connectivity index (χ4v) is 3.28. The van der Waals surface area contributed by atoms with E-state index in [0.29, 0.717) is 43.3 Å². The van der Waals surface area contributed by atoms with E-state index < -0.39 is 5.82 Å². The molecule has 1 aliphatic rings. The molecule has 8 heteroatoms. The zero-order valence-corrected chi connectivity index (χ0v) is 16.5. The lowest BCUT2D eigenvalue weighted by molar-refractivity contribution is -0.137. The normalized spacial score (nSPS) is 14.8. The van der Waals surface area contributed by atoms with Gasteiger partial charge in [-0.15, -0.1) is 0 Å². The van der Waals surface area contributed by atoms with E-state index in [2.05, 4.69) is 9.97 Å². The first-order valence-corrected chi connectivity index (χ1v) is 9.81. The van der Waals surface area contributed by atoms with Gasteiger partial charge in [-0.2, -0.15) is 0 Å². The van der Waals surface area contributed by atoms with Crippen molar-refractivity contribution >= 4 is 5.91 Å². The van der Waals surface area contributed by atoms with E-state index in [0.717, 1.165) is 12.8 Å².